The summed E-state index contributed by atoms with van der Waals surface area (Å²) in [4.78, 5) is 15.9. The molecule has 0 saturated heterocycles. The maximum atomic E-state index is 13.8. The molecule has 49 heavy (non-hydrogen) atoms. The van der Waals surface area contributed by atoms with Crippen LogP contribution in [0.1, 0.15) is 110 Å². The average Bonchev–Trinajstić information content (AvgIpc) is 3.50. The Bertz CT molecular complexity index is 1640. The first kappa shape index (κ1) is 40.9. The van der Waals surface area contributed by atoms with Crippen LogP contribution in [0.25, 0.3) is 30.9 Å². The molecule has 0 atom stereocenters. The molecular weight excluding hydrogens is 867 g/mol. The fourth-order valence-electron chi connectivity index (χ4n) is 6.52. The number of fused-ring (bicyclic) bond motifs is 1. The molecule has 0 unspecified atom stereocenters. The Morgan fingerprint density at radius 3 is 2.12 bits per heavy atom. The van der Waals surface area contributed by atoms with Crippen LogP contribution in [0.4, 0.5) is 13.2 Å². The van der Waals surface area contributed by atoms with Crippen molar-refractivity contribution in [1.29, 1.82) is 0 Å². The number of aliphatic hydroxyl groups is 1. The van der Waals surface area contributed by atoms with Crippen molar-refractivity contribution in [1.82, 2.24) is 4.98 Å². The first-order chi connectivity index (χ1) is 22.8. The second-order valence-corrected chi connectivity index (χ2v) is 15.9. The zero-order valence-corrected chi connectivity index (χ0v) is 33.5. The Labute approximate surface area is 309 Å². The molecule has 2 aromatic carbocycles. The second-order valence-electron chi connectivity index (χ2n) is 13.7. The van der Waals surface area contributed by atoms with Crippen LogP contribution in [0.15, 0.2) is 72.6 Å². The molecule has 0 aliphatic heterocycles. The largest absolute Gasteiger partial charge is 0.512 e. The van der Waals surface area contributed by atoms with Crippen LogP contribution in [-0.2, 0) is 31.1 Å². The van der Waals surface area contributed by atoms with Gasteiger partial charge in [0.2, 0.25) is 0 Å². The summed E-state index contributed by atoms with van der Waals surface area (Å²) >= 11 is -0.0147. The summed E-state index contributed by atoms with van der Waals surface area (Å²) in [6, 6.07) is 20.6. The molecule has 4 aromatic rings. The van der Waals surface area contributed by atoms with E-state index < -0.39 is 11.7 Å². The molecule has 0 spiro atoms. The molecule has 1 aliphatic carbocycles. The predicted octanol–water partition coefficient (Wildman–Crippen LogP) is 12.0. The van der Waals surface area contributed by atoms with Gasteiger partial charge < -0.3 is 5.11 Å². The first-order valence-corrected chi connectivity index (χ1v) is 19.0. The van der Waals surface area contributed by atoms with E-state index >= 15 is 0 Å². The van der Waals surface area contributed by atoms with Gasteiger partial charge in [0.1, 0.15) is 0 Å². The van der Waals surface area contributed by atoms with Gasteiger partial charge in [-0.2, -0.15) is 0 Å². The Morgan fingerprint density at radius 1 is 0.980 bits per heavy atom. The SMILES string of the molecule is CC1(C)CCC(c2ccc(-c3cc(-c4[c-]c5ccccc5[se]4)ncc3C(F)(F)F)cc2)CC1.CCC(CC)C(=O)/C=C(\O)C(CC)CC.[Ir]. The van der Waals surface area contributed by atoms with E-state index in [1.165, 1.54) is 28.7 Å². The van der Waals surface area contributed by atoms with Gasteiger partial charge in [0.05, 0.1) is 5.76 Å². The van der Waals surface area contributed by atoms with Crippen molar-refractivity contribution < 1.29 is 43.2 Å². The molecule has 8 heteroatoms. The van der Waals surface area contributed by atoms with Crippen molar-refractivity contribution in [3.63, 3.8) is 0 Å². The molecule has 0 bridgehead atoms. The number of carbonyl (C=O) groups is 1. The second kappa shape index (κ2) is 18.1. The van der Waals surface area contributed by atoms with Crippen molar-refractivity contribution in [2.75, 3.05) is 0 Å². The number of hydrogen-bond donors (Lipinski definition) is 1. The Morgan fingerprint density at radius 2 is 1.57 bits per heavy atom. The fourth-order valence-corrected chi connectivity index (χ4v) is 8.57. The van der Waals surface area contributed by atoms with Crippen molar-refractivity contribution in [2.45, 2.75) is 105 Å². The smallest absolute Gasteiger partial charge is 0.162 e. The molecule has 5 rings (SSSR count). The normalized spacial score (nSPS) is 15.2. The minimum Gasteiger partial charge on any atom is -0.512 e. The molecule has 1 fully saturated rings. The summed E-state index contributed by atoms with van der Waals surface area (Å²) < 4.78 is 43.6. The number of benzene rings is 2. The first-order valence-electron chi connectivity index (χ1n) is 17.3. The zero-order chi connectivity index (χ0) is 35.1. The molecule has 267 valence electrons. The number of pyridine rings is 1. The van der Waals surface area contributed by atoms with Crippen LogP contribution in [0.2, 0.25) is 0 Å². The zero-order valence-electron chi connectivity index (χ0n) is 29.4. The standard InChI is InChI=1S/C28H25F3NSe.C13H24O2.Ir/c1-27(2)13-11-19(12-14-27)18-7-9-20(10-8-18)22-16-24(32-17-23(22)28(29,30)31)26-15-21-5-3-4-6-25(21)33-26;1-5-10(6-2)12(14)9-13(15)11(7-3)8-4;/h3-10,16-17,19H,11-14H2,1-2H3;9-11,14H,5-8H2,1-4H3;/q-1;;/b;12-9-;. The van der Waals surface area contributed by atoms with Crippen LogP contribution >= 0.6 is 0 Å². The summed E-state index contributed by atoms with van der Waals surface area (Å²) in [7, 11) is 0. The molecular formula is C41H49F3IrNO2Se-. The summed E-state index contributed by atoms with van der Waals surface area (Å²) in [5, 5.41) is 10.8. The third kappa shape index (κ3) is 10.7. The van der Waals surface area contributed by atoms with Crippen molar-refractivity contribution in [3.8, 4) is 21.3 Å². The van der Waals surface area contributed by atoms with E-state index in [4.69, 9.17) is 0 Å². The fraction of sp³-hybridized carbons (Fsp3) is 0.463. The molecule has 1 radical (unpaired) electrons. The van der Waals surface area contributed by atoms with Gasteiger partial charge in [0, 0.05) is 38.0 Å². The Balaban J connectivity index is 0.000000347. The van der Waals surface area contributed by atoms with Gasteiger partial charge in [-0.1, -0.05) is 41.5 Å². The molecule has 1 N–H and O–H groups in total. The van der Waals surface area contributed by atoms with E-state index in [9.17, 15) is 23.1 Å². The van der Waals surface area contributed by atoms with Gasteiger partial charge in [-0.15, -0.1) is 0 Å². The van der Waals surface area contributed by atoms with Crippen LogP contribution in [0.3, 0.4) is 0 Å². The van der Waals surface area contributed by atoms with Crippen molar-refractivity contribution in [3.05, 3.63) is 89.8 Å². The summed E-state index contributed by atoms with van der Waals surface area (Å²) in [5.41, 5.74) is 2.26. The number of alkyl halides is 3. The van der Waals surface area contributed by atoms with E-state index in [0.717, 1.165) is 54.5 Å². The van der Waals surface area contributed by atoms with Gasteiger partial charge in [-0.05, 0) is 25.7 Å². The van der Waals surface area contributed by atoms with E-state index in [0.29, 0.717) is 22.6 Å². The maximum Gasteiger partial charge on any atom is 0.162 e. The number of aromatic nitrogens is 1. The van der Waals surface area contributed by atoms with E-state index in [2.05, 4.69) is 24.9 Å². The van der Waals surface area contributed by atoms with Gasteiger partial charge in [0.15, 0.2) is 5.78 Å². The third-order valence-electron chi connectivity index (χ3n) is 9.90. The molecule has 3 nitrogen and oxygen atoms in total. The molecule has 2 heterocycles. The van der Waals surface area contributed by atoms with Crippen LogP contribution in [0.5, 0.6) is 0 Å². The molecule has 1 saturated carbocycles. The van der Waals surface area contributed by atoms with E-state index in [-0.39, 0.29) is 63.6 Å². The molecule has 2 aromatic heterocycles. The number of ketones is 1. The number of carbonyl (C=O) groups excluding carboxylic acids is 1. The van der Waals surface area contributed by atoms with Crippen LogP contribution in [-0.4, -0.2) is 30.4 Å². The Hall–Kier alpha value is -2.50. The number of halogens is 3. The number of allylic oxidation sites excluding steroid dienone is 2. The van der Waals surface area contributed by atoms with E-state index in [1.54, 1.807) is 6.07 Å². The van der Waals surface area contributed by atoms with Gasteiger partial charge in [-0.25, -0.2) is 0 Å². The summed E-state index contributed by atoms with van der Waals surface area (Å²) in [5.74, 6) is 1.03. The number of hydrogen-bond acceptors (Lipinski definition) is 3. The topological polar surface area (TPSA) is 50.2 Å². The van der Waals surface area contributed by atoms with Crippen molar-refractivity contribution in [2.24, 2.45) is 17.3 Å². The molecule has 1 aliphatic rings. The number of nitrogens with zero attached hydrogens (tertiary/aromatic N) is 1. The predicted molar refractivity (Wildman–Crippen MR) is 192 cm³/mol. The summed E-state index contributed by atoms with van der Waals surface area (Å²) in [6.07, 6.45) is 6.05. The quantitative estimate of drug-likeness (QED) is 0.0746. The average molecular weight is 916 g/mol. The minimum absolute atomic E-state index is 0. The van der Waals surface area contributed by atoms with Crippen LogP contribution in [0, 0.1) is 23.3 Å². The van der Waals surface area contributed by atoms with Crippen molar-refractivity contribution >= 4 is 29.9 Å². The number of rotatable bonds is 10. The van der Waals surface area contributed by atoms with Gasteiger partial charge in [0.25, 0.3) is 0 Å². The maximum absolute atomic E-state index is 13.8. The monoisotopic (exact) mass is 917 g/mol. The van der Waals surface area contributed by atoms with E-state index in [1.807, 2.05) is 76.2 Å². The summed E-state index contributed by atoms with van der Waals surface area (Å²) in [6.45, 7) is 12.7. The van der Waals surface area contributed by atoms with Crippen LogP contribution < -0.4 is 0 Å². The Kier molecular flexibility index (Phi) is 15.1. The molecule has 0 amide bonds. The third-order valence-corrected chi connectivity index (χ3v) is 12.2. The van der Waals surface area contributed by atoms with Gasteiger partial charge in [-0.3, -0.25) is 4.79 Å². The number of aliphatic hydroxyl groups excluding tert-OH is 1. The minimum atomic E-state index is -4.46. The van der Waals surface area contributed by atoms with Gasteiger partial charge >= 0.3 is 185 Å².